The Morgan fingerprint density at radius 1 is 1.05 bits per heavy atom. The average molecular weight is 517 g/mol. The van der Waals surface area contributed by atoms with Crippen molar-refractivity contribution in [1.29, 1.82) is 0 Å². The highest BCUT2D eigenvalue weighted by Crippen LogP contribution is 2.28. The number of amides is 2. The molecule has 3 aromatic rings. The molecule has 6 heteroatoms. The minimum Gasteiger partial charge on any atom is -0.333 e. The summed E-state index contributed by atoms with van der Waals surface area (Å²) in [6.45, 7) is 15.5. The van der Waals surface area contributed by atoms with Gasteiger partial charge in [0, 0.05) is 24.6 Å². The monoisotopic (exact) mass is 516 g/mol. The third kappa shape index (κ3) is 8.30. The largest absolute Gasteiger partial charge is 0.333 e. The second-order valence-corrected chi connectivity index (χ2v) is 11.8. The highest BCUT2D eigenvalue weighted by atomic mass is 16.2. The zero-order chi connectivity index (χ0) is 27.9. The zero-order valence-electron chi connectivity index (χ0n) is 24.2. The third-order valence-corrected chi connectivity index (χ3v) is 6.58. The summed E-state index contributed by atoms with van der Waals surface area (Å²) in [7, 11) is 0. The molecular weight excluding hydrogens is 472 g/mol. The molecule has 3 rings (SSSR count). The van der Waals surface area contributed by atoms with Crippen LogP contribution in [-0.4, -0.2) is 39.6 Å². The van der Waals surface area contributed by atoms with Crippen molar-refractivity contribution >= 4 is 17.6 Å². The van der Waals surface area contributed by atoms with Crippen LogP contribution in [0.4, 0.5) is 5.82 Å². The first-order valence-corrected chi connectivity index (χ1v) is 13.8. The minimum atomic E-state index is -0.219. The molecule has 0 saturated heterocycles. The van der Waals surface area contributed by atoms with Crippen LogP contribution >= 0.6 is 0 Å². The number of aromatic nitrogens is 2. The van der Waals surface area contributed by atoms with Gasteiger partial charge in [-0.25, -0.2) is 4.68 Å². The van der Waals surface area contributed by atoms with E-state index in [2.05, 4.69) is 52.9 Å². The van der Waals surface area contributed by atoms with E-state index < -0.39 is 0 Å². The third-order valence-electron chi connectivity index (χ3n) is 6.58. The van der Waals surface area contributed by atoms with Gasteiger partial charge in [-0.3, -0.25) is 9.59 Å². The number of unbranched alkanes of at least 4 members (excludes halogenated alkanes) is 1. The van der Waals surface area contributed by atoms with Gasteiger partial charge in [0.25, 0.3) is 0 Å². The first-order chi connectivity index (χ1) is 18.0. The Balaban J connectivity index is 1.84. The number of carbonyl (C=O) groups is 2. The number of rotatable bonds is 11. The lowest BCUT2D eigenvalue weighted by atomic mass is 9.84. The lowest BCUT2D eigenvalue weighted by Crippen LogP contribution is -2.39. The Bertz CT molecular complexity index is 1220. The molecule has 0 saturated carbocycles. The van der Waals surface area contributed by atoms with Gasteiger partial charge in [0.05, 0.1) is 17.9 Å². The van der Waals surface area contributed by atoms with Crippen molar-refractivity contribution in [3.05, 3.63) is 65.7 Å². The number of anilines is 1. The molecule has 6 nitrogen and oxygen atoms in total. The molecule has 204 valence electrons. The number of benzene rings is 2. The van der Waals surface area contributed by atoms with Crippen LogP contribution in [0.15, 0.2) is 54.6 Å². The highest BCUT2D eigenvalue weighted by molar-refractivity contribution is 5.94. The predicted molar refractivity (Wildman–Crippen MR) is 156 cm³/mol. The van der Waals surface area contributed by atoms with E-state index in [1.807, 2.05) is 55.5 Å². The second kappa shape index (κ2) is 12.9. The molecule has 2 amide bonds. The molecule has 1 atom stereocenters. The first-order valence-electron chi connectivity index (χ1n) is 13.8. The van der Waals surface area contributed by atoms with Crippen molar-refractivity contribution in [1.82, 2.24) is 14.7 Å². The summed E-state index contributed by atoms with van der Waals surface area (Å²) in [6.07, 6.45) is 3.24. The fraction of sp³-hybridized carbons (Fsp3) is 0.469. The lowest BCUT2D eigenvalue weighted by Gasteiger charge is -2.27. The van der Waals surface area contributed by atoms with Crippen LogP contribution in [0.25, 0.3) is 16.9 Å². The highest BCUT2D eigenvalue weighted by Gasteiger charge is 2.23. The van der Waals surface area contributed by atoms with Crippen molar-refractivity contribution in [3.63, 3.8) is 0 Å². The SMILES string of the molecule is CCCCN(CC(=O)Nc1cc(-c2ccccc2)nn1-c1ccc(C)cc1C)C(=O)CC(C)CC(C)(C)C. The van der Waals surface area contributed by atoms with Crippen molar-refractivity contribution in [2.75, 3.05) is 18.4 Å². The lowest BCUT2D eigenvalue weighted by molar-refractivity contribution is -0.135. The van der Waals surface area contributed by atoms with Crippen LogP contribution in [0, 0.1) is 25.2 Å². The standard InChI is InChI=1S/C32H44N4O2/c1-8-9-17-35(31(38)19-24(3)21-32(5,6)7)22-30(37)33-29-20-27(26-13-11-10-12-14-26)34-36(29)28-16-15-23(2)18-25(28)4/h10-16,18,20,24H,8-9,17,19,21-22H2,1-7H3,(H,33,37). The summed E-state index contributed by atoms with van der Waals surface area (Å²) < 4.78 is 1.79. The maximum absolute atomic E-state index is 13.3. The number of nitrogens with zero attached hydrogens (tertiary/aromatic N) is 3. The van der Waals surface area contributed by atoms with Crippen molar-refractivity contribution < 1.29 is 9.59 Å². The smallest absolute Gasteiger partial charge is 0.245 e. The van der Waals surface area contributed by atoms with Gasteiger partial charge in [-0.15, -0.1) is 0 Å². The van der Waals surface area contributed by atoms with Crippen LogP contribution < -0.4 is 5.32 Å². The molecular formula is C32H44N4O2. The summed E-state index contributed by atoms with van der Waals surface area (Å²) >= 11 is 0. The summed E-state index contributed by atoms with van der Waals surface area (Å²) in [5.41, 5.74) is 5.04. The minimum absolute atomic E-state index is 0.0276. The number of carbonyl (C=O) groups excluding carboxylic acids is 2. The van der Waals surface area contributed by atoms with E-state index in [-0.39, 0.29) is 29.7 Å². The molecule has 0 aliphatic rings. The second-order valence-electron chi connectivity index (χ2n) is 11.8. The molecule has 1 N–H and O–H groups in total. The molecule has 0 spiro atoms. The van der Waals surface area contributed by atoms with E-state index in [4.69, 9.17) is 5.10 Å². The number of hydrogen-bond donors (Lipinski definition) is 1. The van der Waals surface area contributed by atoms with E-state index in [1.165, 1.54) is 0 Å². The topological polar surface area (TPSA) is 67.2 Å². The van der Waals surface area contributed by atoms with E-state index in [1.54, 1.807) is 9.58 Å². The molecule has 1 unspecified atom stereocenters. The summed E-state index contributed by atoms with van der Waals surface area (Å²) in [5, 5.41) is 7.91. The molecule has 2 aromatic carbocycles. The van der Waals surface area contributed by atoms with Crippen molar-refractivity contribution in [2.45, 2.75) is 74.1 Å². The Morgan fingerprint density at radius 2 is 1.76 bits per heavy atom. The Labute approximate surface area is 228 Å². The predicted octanol–water partition coefficient (Wildman–Crippen LogP) is 7.19. The molecule has 0 bridgehead atoms. The van der Waals surface area contributed by atoms with Gasteiger partial charge >= 0.3 is 0 Å². The van der Waals surface area contributed by atoms with Gasteiger partial charge in [0.1, 0.15) is 5.82 Å². The Kier molecular flexibility index (Phi) is 9.90. The van der Waals surface area contributed by atoms with Gasteiger partial charge in [-0.1, -0.05) is 89.1 Å². The number of hydrogen-bond acceptors (Lipinski definition) is 3. The summed E-state index contributed by atoms with van der Waals surface area (Å²) in [4.78, 5) is 28.3. The molecule has 0 fully saturated rings. The van der Waals surface area contributed by atoms with E-state index in [0.717, 1.165) is 47.3 Å². The Hall–Kier alpha value is -3.41. The normalized spacial score (nSPS) is 12.3. The zero-order valence-corrected chi connectivity index (χ0v) is 24.2. The van der Waals surface area contributed by atoms with Gasteiger partial charge in [0.2, 0.25) is 11.8 Å². The van der Waals surface area contributed by atoms with Crippen molar-refractivity contribution in [2.24, 2.45) is 11.3 Å². The van der Waals surface area contributed by atoms with Gasteiger partial charge in [0.15, 0.2) is 0 Å². The molecule has 1 aromatic heterocycles. The van der Waals surface area contributed by atoms with Crippen LogP contribution in [0.1, 0.15) is 71.4 Å². The molecule has 38 heavy (non-hydrogen) atoms. The number of nitrogens with one attached hydrogen (secondary N) is 1. The van der Waals surface area contributed by atoms with Crippen LogP contribution in [0.3, 0.4) is 0 Å². The molecule has 0 radical (unpaired) electrons. The number of aryl methyl sites for hydroxylation is 2. The van der Waals surface area contributed by atoms with Gasteiger partial charge in [-0.05, 0) is 49.7 Å². The molecule has 0 aliphatic heterocycles. The van der Waals surface area contributed by atoms with Crippen LogP contribution in [-0.2, 0) is 9.59 Å². The van der Waals surface area contributed by atoms with Crippen LogP contribution in [0.5, 0.6) is 0 Å². The maximum Gasteiger partial charge on any atom is 0.245 e. The van der Waals surface area contributed by atoms with Gasteiger partial charge < -0.3 is 10.2 Å². The van der Waals surface area contributed by atoms with E-state index in [9.17, 15) is 9.59 Å². The van der Waals surface area contributed by atoms with Gasteiger partial charge in [-0.2, -0.15) is 5.10 Å². The Morgan fingerprint density at radius 3 is 2.39 bits per heavy atom. The first kappa shape index (κ1) is 29.2. The van der Waals surface area contributed by atoms with E-state index >= 15 is 0 Å². The van der Waals surface area contributed by atoms with E-state index in [0.29, 0.717) is 18.8 Å². The van der Waals surface area contributed by atoms with Crippen LogP contribution in [0.2, 0.25) is 0 Å². The maximum atomic E-state index is 13.3. The molecule has 1 heterocycles. The fourth-order valence-corrected chi connectivity index (χ4v) is 4.99. The fourth-order valence-electron chi connectivity index (χ4n) is 4.99. The summed E-state index contributed by atoms with van der Waals surface area (Å²) in [5.74, 6) is 0.667. The van der Waals surface area contributed by atoms with Crippen molar-refractivity contribution in [3.8, 4) is 16.9 Å². The quantitative estimate of drug-likeness (QED) is 0.293. The summed E-state index contributed by atoms with van der Waals surface area (Å²) in [6, 6.07) is 18.0. The molecule has 0 aliphatic carbocycles. The average Bonchev–Trinajstić information content (AvgIpc) is 3.24.